The minimum atomic E-state index is 0.150. The largest absolute Gasteiger partial charge is 0.335 e. The summed E-state index contributed by atoms with van der Waals surface area (Å²) in [6.07, 6.45) is 1.03. The molecule has 0 saturated carbocycles. The Hall–Kier alpha value is -1.35. The molecule has 1 heterocycles. The Labute approximate surface area is 96.5 Å². The maximum Gasteiger partial charge on any atom is 0.254 e. The van der Waals surface area contributed by atoms with Crippen molar-refractivity contribution in [1.82, 2.24) is 10.2 Å². The molecule has 1 aromatic carbocycles. The van der Waals surface area contributed by atoms with E-state index in [9.17, 15) is 4.79 Å². The quantitative estimate of drug-likeness (QED) is 0.775. The normalized spacial score (nSPS) is 21.6. The molecular weight excluding hydrogens is 200 g/mol. The topological polar surface area (TPSA) is 32.3 Å². The van der Waals surface area contributed by atoms with Crippen molar-refractivity contribution in [2.75, 3.05) is 19.6 Å². The van der Waals surface area contributed by atoms with Gasteiger partial charge in [0.25, 0.3) is 5.91 Å². The Balaban J connectivity index is 2.14. The zero-order valence-corrected chi connectivity index (χ0v) is 9.65. The van der Waals surface area contributed by atoms with Crippen molar-refractivity contribution in [3.05, 3.63) is 35.9 Å². The van der Waals surface area contributed by atoms with Crippen LogP contribution in [0, 0.1) is 0 Å². The number of carbonyl (C=O) groups excluding carboxylic acids is 1. The van der Waals surface area contributed by atoms with Gasteiger partial charge in [-0.2, -0.15) is 0 Å². The molecule has 86 valence electrons. The first-order valence-electron chi connectivity index (χ1n) is 5.86. The third-order valence-corrected chi connectivity index (χ3v) is 3.08. The first-order chi connectivity index (χ1) is 7.79. The van der Waals surface area contributed by atoms with E-state index in [2.05, 4.69) is 12.2 Å². The molecule has 0 spiro atoms. The van der Waals surface area contributed by atoms with E-state index in [1.54, 1.807) is 0 Å². The van der Waals surface area contributed by atoms with E-state index in [1.165, 1.54) is 0 Å². The molecule has 1 fully saturated rings. The van der Waals surface area contributed by atoms with Crippen LogP contribution in [0.5, 0.6) is 0 Å². The van der Waals surface area contributed by atoms with Gasteiger partial charge in [0.05, 0.1) is 0 Å². The number of carbonyl (C=O) groups is 1. The molecule has 1 N–H and O–H groups in total. The van der Waals surface area contributed by atoms with Crippen molar-refractivity contribution >= 4 is 5.91 Å². The van der Waals surface area contributed by atoms with E-state index in [4.69, 9.17) is 0 Å². The number of hydrogen-bond acceptors (Lipinski definition) is 2. The summed E-state index contributed by atoms with van der Waals surface area (Å²) in [7, 11) is 0. The van der Waals surface area contributed by atoms with Gasteiger partial charge in [0.2, 0.25) is 0 Å². The van der Waals surface area contributed by atoms with E-state index in [0.717, 1.165) is 31.6 Å². The van der Waals surface area contributed by atoms with E-state index in [0.29, 0.717) is 6.04 Å². The summed E-state index contributed by atoms with van der Waals surface area (Å²) in [4.78, 5) is 14.2. The SMILES string of the molecule is CC1CCNCCN1C(=O)c1ccccc1. The van der Waals surface area contributed by atoms with Crippen LogP contribution >= 0.6 is 0 Å². The number of hydrogen-bond donors (Lipinski definition) is 1. The molecule has 0 aliphatic carbocycles. The summed E-state index contributed by atoms with van der Waals surface area (Å²) in [5, 5.41) is 3.32. The predicted octanol–water partition coefficient (Wildman–Crippen LogP) is 1.51. The molecule has 0 radical (unpaired) electrons. The molecule has 1 aromatic rings. The third kappa shape index (κ3) is 2.42. The Morgan fingerprint density at radius 2 is 2.06 bits per heavy atom. The van der Waals surface area contributed by atoms with Gasteiger partial charge in [-0.25, -0.2) is 0 Å². The molecule has 0 aromatic heterocycles. The van der Waals surface area contributed by atoms with Crippen LogP contribution in [0.2, 0.25) is 0 Å². The van der Waals surface area contributed by atoms with Crippen molar-refractivity contribution in [1.29, 1.82) is 0 Å². The van der Waals surface area contributed by atoms with Crippen LogP contribution in [-0.4, -0.2) is 36.5 Å². The van der Waals surface area contributed by atoms with Gasteiger partial charge in [-0.15, -0.1) is 0 Å². The standard InChI is InChI=1S/C13H18N2O/c1-11-7-8-14-9-10-15(11)13(16)12-5-3-2-4-6-12/h2-6,11,14H,7-10H2,1H3. The molecule has 3 heteroatoms. The molecule has 1 aliphatic heterocycles. The fourth-order valence-electron chi connectivity index (χ4n) is 2.06. The van der Waals surface area contributed by atoms with E-state index in [-0.39, 0.29) is 5.91 Å². The molecule has 0 bridgehead atoms. The van der Waals surface area contributed by atoms with Crippen molar-refractivity contribution in [3.8, 4) is 0 Å². The van der Waals surface area contributed by atoms with Gasteiger partial charge in [0.15, 0.2) is 0 Å². The van der Waals surface area contributed by atoms with Gasteiger partial charge in [0.1, 0.15) is 0 Å². The second-order valence-corrected chi connectivity index (χ2v) is 4.25. The fraction of sp³-hybridized carbons (Fsp3) is 0.462. The van der Waals surface area contributed by atoms with Gasteiger partial charge in [0, 0.05) is 24.7 Å². The zero-order chi connectivity index (χ0) is 11.4. The van der Waals surface area contributed by atoms with E-state index in [1.807, 2.05) is 35.2 Å². The fourth-order valence-corrected chi connectivity index (χ4v) is 2.06. The van der Waals surface area contributed by atoms with Gasteiger partial charge in [-0.05, 0) is 32.0 Å². The van der Waals surface area contributed by atoms with Gasteiger partial charge in [-0.1, -0.05) is 18.2 Å². The van der Waals surface area contributed by atoms with Crippen molar-refractivity contribution < 1.29 is 4.79 Å². The van der Waals surface area contributed by atoms with Crippen molar-refractivity contribution in [3.63, 3.8) is 0 Å². The molecule has 16 heavy (non-hydrogen) atoms. The summed E-state index contributed by atoms with van der Waals surface area (Å²) >= 11 is 0. The highest BCUT2D eigenvalue weighted by Crippen LogP contribution is 2.11. The molecular formula is C13H18N2O. The first-order valence-corrected chi connectivity index (χ1v) is 5.86. The van der Waals surface area contributed by atoms with Crippen LogP contribution in [-0.2, 0) is 0 Å². The minimum Gasteiger partial charge on any atom is -0.335 e. The highest BCUT2D eigenvalue weighted by atomic mass is 16.2. The maximum absolute atomic E-state index is 12.3. The second-order valence-electron chi connectivity index (χ2n) is 4.25. The monoisotopic (exact) mass is 218 g/mol. The lowest BCUT2D eigenvalue weighted by Gasteiger charge is -2.26. The zero-order valence-electron chi connectivity index (χ0n) is 9.65. The molecule has 1 aliphatic rings. The lowest BCUT2D eigenvalue weighted by Crippen LogP contribution is -2.39. The summed E-state index contributed by atoms with van der Waals surface area (Å²) in [5.41, 5.74) is 0.788. The first kappa shape index (κ1) is 11.1. The van der Waals surface area contributed by atoms with Crippen molar-refractivity contribution in [2.45, 2.75) is 19.4 Å². The summed E-state index contributed by atoms with van der Waals surface area (Å²) in [6.45, 7) is 4.81. The molecule has 1 amide bonds. The number of benzene rings is 1. The highest BCUT2D eigenvalue weighted by molar-refractivity contribution is 5.94. The predicted molar refractivity (Wildman–Crippen MR) is 64.4 cm³/mol. The van der Waals surface area contributed by atoms with Crippen LogP contribution in [0.25, 0.3) is 0 Å². The van der Waals surface area contributed by atoms with Crippen LogP contribution in [0.15, 0.2) is 30.3 Å². The number of nitrogens with one attached hydrogen (secondary N) is 1. The molecule has 1 saturated heterocycles. The second kappa shape index (κ2) is 5.12. The van der Waals surface area contributed by atoms with Crippen LogP contribution < -0.4 is 5.32 Å². The number of nitrogens with zero attached hydrogens (tertiary/aromatic N) is 1. The highest BCUT2D eigenvalue weighted by Gasteiger charge is 2.22. The van der Waals surface area contributed by atoms with Crippen molar-refractivity contribution in [2.24, 2.45) is 0 Å². The van der Waals surface area contributed by atoms with Gasteiger partial charge < -0.3 is 10.2 Å². The molecule has 1 atom stereocenters. The Morgan fingerprint density at radius 3 is 2.81 bits per heavy atom. The Kier molecular flexibility index (Phi) is 3.57. The molecule has 2 rings (SSSR count). The molecule has 3 nitrogen and oxygen atoms in total. The van der Waals surface area contributed by atoms with E-state index >= 15 is 0 Å². The van der Waals surface area contributed by atoms with Crippen LogP contribution in [0.1, 0.15) is 23.7 Å². The van der Waals surface area contributed by atoms with Gasteiger partial charge >= 0.3 is 0 Å². The average Bonchev–Trinajstić information content (AvgIpc) is 2.54. The summed E-state index contributed by atoms with van der Waals surface area (Å²) in [5.74, 6) is 0.150. The average molecular weight is 218 g/mol. The summed E-state index contributed by atoms with van der Waals surface area (Å²) < 4.78 is 0. The van der Waals surface area contributed by atoms with Crippen LogP contribution in [0.4, 0.5) is 0 Å². The summed E-state index contributed by atoms with van der Waals surface area (Å²) in [6, 6.07) is 9.84. The van der Waals surface area contributed by atoms with Gasteiger partial charge in [-0.3, -0.25) is 4.79 Å². The number of amides is 1. The third-order valence-electron chi connectivity index (χ3n) is 3.08. The smallest absolute Gasteiger partial charge is 0.254 e. The lowest BCUT2D eigenvalue weighted by molar-refractivity contribution is 0.0704. The maximum atomic E-state index is 12.3. The van der Waals surface area contributed by atoms with Crippen LogP contribution in [0.3, 0.4) is 0 Å². The Bertz CT molecular complexity index is 350. The lowest BCUT2D eigenvalue weighted by atomic mass is 10.1. The Morgan fingerprint density at radius 1 is 1.31 bits per heavy atom. The number of rotatable bonds is 1. The molecule has 1 unspecified atom stereocenters. The van der Waals surface area contributed by atoms with E-state index < -0.39 is 0 Å². The minimum absolute atomic E-state index is 0.150.